The van der Waals surface area contributed by atoms with Crippen molar-refractivity contribution in [2.24, 2.45) is 0 Å². The number of aryl methyl sites for hydroxylation is 2. The Morgan fingerprint density at radius 1 is 0.972 bits per heavy atom. The second-order valence-electron chi connectivity index (χ2n) is 8.97. The Bertz CT molecular complexity index is 1260. The van der Waals surface area contributed by atoms with Gasteiger partial charge in [0, 0.05) is 43.4 Å². The van der Waals surface area contributed by atoms with Crippen LogP contribution < -0.4 is 10.2 Å². The van der Waals surface area contributed by atoms with Crippen molar-refractivity contribution < 1.29 is 19.2 Å². The zero-order chi connectivity index (χ0) is 25.7. The van der Waals surface area contributed by atoms with E-state index in [9.17, 15) is 19.2 Å². The Labute approximate surface area is 209 Å². The molecule has 1 fully saturated rings. The van der Waals surface area contributed by atoms with Gasteiger partial charge in [0.15, 0.2) is 5.78 Å². The maximum absolute atomic E-state index is 12.8. The van der Waals surface area contributed by atoms with Gasteiger partial charge in [-0.3, -0.25) is 23.9 Å². The molecule has 0 unspecified atom stereocenters. The van der Waals surface area contributed by atoms with Gasteiger partial charge in [-0.25, -0.2) is 0 Å². The number of aromatic nitrogens is 2. The summed E-state index contributed by atoms with van der Waals surface area (Å²) in [5.74, 6) is -0.756. The first-order chi connectivity index (χ1) is 17.3. The summed E-state index contributed by atoms with van der Waals surface area (Å²) in [6, 6.07) is 14.8. The van der Waals surface area contributed by atoms with Crippen molar-refractivity contribution in [2.75, 3.05) is 29.9 Å². The van der Waals surface area contributed by atoms with Gasteiger partial charge in [-0.2, -0.15) is 5.10 Å². The van der Waals surface area contributed by atoms with Crippen molar-refractivity contribution in [3.8, 4) is 0 Å². The largest absolute Gasteiger partial charge is 0.330 e. The van der Waals surface area contributed by atoms with Crippen LogP contribution in [0.2, 0.25) is 0 Å². The summed E-state index contributed by atoms with van der Waals surface area (Å²) < 4.78 is 1.42. The van der Waals surface area contributed by atoms with E-state index in [-0.39, 0.29) is 49.4 Å². The number of hydrogen-bond acceptors (Lipinski definition) is 5. The van der Waals surface area contributed by atoms with Crippen LogP contribution in [0, 0.1) is 13.8 Å². The van der Waals surface area contributed by atoms with Gasteiger partial charge >= 0.3 is 0 Å². The van der Waals surface area contributed by atoms with E-state index in [0.29, 0.717) is 24.3 Å². The van der Waals surface area contributed by atoms with Crippen LogP contribution in [0.3, 0.4) is 0 Å². The zero-order valence-electron chi connectivity index (χ0n) is 20.4. The highest BCUT2D eigenvalue weighted by atomic mass is 16.2. The second kappa shape index (κ2) is 11.0. The number of ketones is 1. The minimum absolute atomic E-state index is 0.00608. The summed E-state index contributed by atoms with van der Waals surface area (Å²) in [5.41, 5.74) is 4.03. The number of carbonyl (C=O) groups excluding carboxylic acids is 4. The van der Waals surface area contributed by atoms with Gasteiger partial charge in [0.25, 0.3) is 0 Å². The normalized spacial score (nSPS) is 13.6. The lowest BCUT2D eigenvalue weighted by molar-refractivity contribution is -0.137. The molecular weight excluding hydrogens is 458 g/mol. The fourth-order valence-electron chi connectivity index (χ4n) is 4.24. The molecule has 3 amide bonds. The minimum Gasteiger partial charge on any atom is -0.330 e. The third kappa shape index (κ3) is 6.24. The minimum atomic E-state index is -0.307. The van der Waals surface area contributed by atoms with Crippen LogP contribution >= 0.6 is 0 Å². The quantitative estimate of drug-likeness (QED) is 0.492. The van der Waals surface area contributed by atoms with E-state index in [1.54, 1.807) is 35.4 Å². The van der Waals surface area contributed by atoms with Gasteiger partial charge in [-0.15, -0.1) is 0 Å². The maximum atomic E-state index is 12.8. The molecule has 1 aliphatic rings. The molecule has 1 saturated heterocycles. The predicted molar refractivity (Wildman–Crippen MR) is 136 cm³/mol. The molecule has 9 nitrogen and oxygen atoms in total. The number of nitrogens with one attached hydrogen (secondary N) is 1. The monoisotopic (exact) mass is 487 g/mol. The Morgan fingerprint density at radius 3 is 2.39 bits per heavy atom. The van der Waals surface area contributed by atoms with Crippen LogP contribution in [-0.2, 0) is 20.9 Å². The highest BCUT2D eigenvalue weighted by Crippen LogP contribution is 2.21. The number of amides is 3. The van der Waals surface area contributed by atoms with Crippen LogP contribution in [-0.4, -0.2) is 57.8 Å². The number of piperazine rings is 1. The SMILES string of the molecule is Cc1cc(C)cc(N2CCN(C(=O)Cn3cc(NC(=O)CCC(=O)c4ccccc4)cn3)CC2=O)c1. The maximum Gasteiger partial charge on any atom is 0.246 e. The van der Waals surface area contributed by atoms with Crippen molar-refractivity contribution in [3.05, 3.63) is 77.6 Å². The third-order valence-electron chi connectivity index (χ3n) is 5.98. The number of Topliss-reactive ketones (excluding diaryl/α,β-unsaturated/α-hetero) is 1. The highest BCUT2D eigenvalue weighted by Gasteiger charge is 2.28. The van der Waals surface area contributed by atoms with E-state index < -0.39 is 0 Å². The number of benzene rings is 2. The van der Waals surface area contributed by atoms with E-state index in [4.69, 9.17) is 0 Å². The van der Waals surface area contributed by atoms with E-state index >= 15 is 0 Å². The van der Waals surface area contributed by atoms with Gasteiger partial charge in [-0.05, 0) is 37.1 Å². The van der Waals surface area contributed by atoms with Gasteiger partial charge in [0.05, 0.1) is 11.9 Å². The molecule has 1 aromatic heterocycles. The lowest BCUT2D eigenvalue weighted by Crippen LogP contribution is -2.53. The lowest BCUT2D eigenvalue weighted by Gasteiger charge is -2.34. The summed E-state index contributed by atoms with van der Waals surface area (Å²) in [4.78, 5) is 53.2. The van der Waals surface area contributed by atoms with Crippen molar-refractivity contribution in [1.29, 1.82) is 0 Å². The Morgan fingerprint density at radius 2 is 1.69 bits per heavy atom. The molecule has 1 aliphatic heterocycles. The molecule has 9 heteroatoms. The molecule has 1 N–H and O–H groups in total. The fourth-order valence-corrected chi connectivity index (χ4v) is 4.24. The fraction of sp³-hybridized carbons (Fsp3) is 0.296. The van der Waals surface area contributed by atoms with Crippen LogP contribution in [0.25, 0.3) is 0 Å². The van der Waals surface area contributed by atoms with Gasteiger partial charge in [-0.1, -0.05) is 36.4 Å². The molecule has 36 heavy (non-hydrogen) atoms. The summed E-state index contributed by atoms with van der Waals surface area (Å²) in [6.45, 7) is 4.80. The van der Waals surface area contributed by atoms with E-state index in [0.717, 1.165) is 16.8 Å². The zero-order valence-corrected chi connectivity index (χ0v) is 20.4. The lowest BCUT2D eigenvalue weighted by atomic mass is 10.1. The highest BCUT2D eigenvalue weighted by molar-refractivity contribution is 6.00. The first-order valence-electron chi connectivity index (χ1n) is 11.9. The van der Waals surface area contributed by atoms with Crippen LogP contribution in [0.5, 0.6) is 0 Å². The molecule has 0 radical (unpaired) electrons. The average Bonchev–Trinajstić information content (AvgIpc) is 3.28. The van der Waals surface area contributed by atoms with Crippen LogP contribution in [0.1, 0.15) is 34.3 Å². The molecule has 2 heterocycles. The molecule has 0 saturated carbocycles. The number of rotatable bonds is 8. The predicted octanol–water partition coefficient (Wildman–Crippen LogP) is 2.98. The number of hydrogen-bond donors (Lipinski definition) is 1. The molecule has 0 bridgehead atoms. The van der Waals surface area contributed by atoms with Crippen molar-refractivity contribution in [3.63, 3.8) is 0 Å². The molecule has 0 spiro atoms. The van der Waals surface area contributed by atoms with Crippen molar-refractivity contribution >= 4 is 34.9 Å². The Hall–Kier alpha value is -4.27. The number of carbonyl (C=O) groups is 4. The van der Waals surface area contributed by atoms with Crippen molar-refractivity contribution in [2.45, 2.75) is 33.2 Å². The molecule has 3 aromatic rings. The van der Waals surface area contributed by atoms with Gasteiger partial charge in [0.2, 0.25) is 17.7 Å². The second-order valence-corrected chi connectivity index (χ2v) is 8.97. The summed E-state index contributed by atoms with van der Waals surface area (Å²) in [5, 5.41) is 6.84. The topological polar surface area (TPSA) is 105 Å². The van der Waals surface area contributed by atoms with Crippen LogP contribution in [0.15, 0.2) is 60.9 Å². The number of nitrogens with zero attached hydrogens (tertiary/aromatic N) is 4. The summed E-state index contributed by atoms with van der Waals surface area (Å²) in [6.07, 6.45) is 3.16. The third-order valence-corrected chi connectivity index (χ3v) is 5.98. The average molecular weight is 488 g/mol. The molecular formula is C27H29N5O4. The molecule has 186 valence electrons. The number of anilines is 2. The van der Waals surface area contributed by atoms with Crippen molar-refractivity contribution in [1.82, 2.24) is 14.7 Å². The molecule has 4 rings (SSSR count). The van der Waals surface area contributed by atoms with Crippen LogP contribution in [0.4, 0.5) is 11.4 Å². The van der Waals surface area contributed by atoms with E-state index in [1.165, 1.54) is 15.8 Å². The summed E-state index contributed by atoms with van der Waals surface area (Å²) in [7, 11) is 0. The molecule has 2 aromatic carbocycles. The first kappa shape index (κ1) is 24.8. The van der Waals surface area contributed by atoms with Gasteiger partial charge < -0.3 is 15.1 Å². The molecule has 0 aliphatic carbocycles. The Kier molecular flexibility index (Phi) is 7.58. The standard InChI is InChI=1S/C27H29N5O4/c1-19-12-20(2)14-23(13-19)32-11-10-30(17-27(32)36)26(35)18-31-16-22(15-28-31)29-25(34)9-8-24(33)21-6-4-3-5-7-21/h3-7,12-16H,8-11,17-18H2,1-2H3,(H,29,34). The van der Waals surface area contributed by atoms with E-state index in [2.05, 4.69) is 16.5 Å². The smallest absolute Gasteiger partial charge is 0.246 e. The summed E-state index contributed by atoms with van der Waals surface area (Å²) >= 11 is 0. The first-order valence-corrected chi connectivity index (χ1v) is 11.9. The van der Waals surface area contributed by atoms with Gasteiger partial charge in [0.1, 0.15) is 13.1 Å². The molecule has 0 atom stereocenters. The van der Waals surface area contributed by atoms with E-state index in [1.807, 2.05) is 32.0 Å². The Balaban J connectivity index is 1.26.